The van der Waals surface area contributed by atoms with Gasteiger partial charge in [-0.05, 0) is 54.4 Å². The van der Waals surface area contributed by atoms with E-state index in [1.54, 1.807) is 48.5 Å². The molecule has 7 nitrogen and oxygen atoms in total. The fraction of sp³-hybridized carbons (Fsp3) is 0.111. The van der Waals surface area contributed by atoms with E-state index in [1.807, 2.05) is 0 Å². The van der Waals surface area contributed by atoms with Crippen molar-refractivity contribution in [2.24, 2.45) is 4.99 Å². The molecule has 3 aromatic carbocycles. The Morgan fingerprint density at radius 1 is 0.974 bits per heavy atom. The summed E-state index contributed by atoms with van der Waals surface area (Å²) in [7, 11) is 0. The van der Waals surface area contributed by atoms with Gasteiger partial charge in [-0.15, -0.1) is 0 Å². The summed E-state index contributed by atoms with van der Waals surface area (Å²) in [5, 5.41) is 11.7. The number of para-hydroxylation sites is 1. The van der Waals surface area contributed by atoms with Gasteiger partial charge in [0.05, 0.1) is 16.8 Å². The Bertz CT molecular complexity index is 1480. The van der Waals surface area contributed by atoms with Gasteiger partial charge in [-0.2, -0.15) is 13.2 Å². The number of amides is 1. The molecule has 0 unspecified atom stereocenters. The number of nitrogens with two attached hydrogens (primary N) is 1. The van der Waals surface area contributed by atoms with Gasteiger partial charge >= 0.3 is 6.18 Å². The number of carbonyl (C=O) groups is 1. The molecule has 4 rings (SSSR count). The largest absolute Gasteiger partial charge is 0.417 e. The van der Waals surface area contributed by atoms with Crippen LogP contribution in [0.5, 0.6) is 0 Å². The van der Waals surface area contributed by atoms with E-state index < -0.39 is 34.6 Å². The lowest BCUT2D eigenvalue weighted by atomic mass is 10.0. The van der Waals surface area contributed by atoms with Crippen LogP contribution >= 0.6 is 0 Å². The molecule has 0 bridgehead atoms. The quantitative estimate of drug-likeness (QED) is 0.144. The first-order valence-electron chi connectivity index (χ1n) is 11.3. The molecule has 0 fully saturated rings. The molecule has 0 radical (unpaired) electrons. The molecule has 194 valence electrons. The topological polar surface area (TPSA) is 113 Å². The minimum Gasteiger partial charge on any atom is -0.398 e. The van der Waals surface area contributed by atoms with Crippen LogP contribution in [-0.2, 0) is 12.6 Å². The van der Waals surface area contributed by atoms with Crippen molar-refractivity contribution in [3.05, 3.63) is 107 Å². The first-order chi connectivity index (χ1) is 18.2. The number of aliphatic hydroxyl groups is 1. The summed E-state index contributed by atoms with van der Waals surface area (Å²) >= 11 is 0. The molecule has 0 saturated carbocycles. The van der Waals surface area contributed by atoms with Crippen molar-refractivity contribution >= 4 is 23.1 Å². The van der Waals surface area contributed by atoms with Crippen LogP contribution in [0.3, 0.4) is 0 Å². The summed E-state index contributed by atoms with van der Waals surface area (Å²) in [6.45, 7) is -0.0961. The number of carbonyl (C=O) groups excluding carboxylic acids is 1. The summed E-state index contributed by atoms with van der Waals surface area (Å²) in [6, 6.07) is 15.8. The highest BCUT2D eigenvalue weighted by Gasteiger charge is 2.36. The lowest BCUT2D eigenvalue weighted by molar-refractivity contribution is -0.137. The Morgan fingerprint density at radius 2 is 1.68 bits per heavy atom. The van der Waals surface area contributed by atoms with Crippen molar-refractivity contribution in [2.75, 3.05) is 12.3 Å². The summed E-state index contributed by atoms with van der Waals surface area (Å²) < 4.78 is 56.0. The number of rotatable bonds is 6. The Labute approximate surface area is 214 Å². The van der Waals surface area contributed by atoms with E-state index in [1.165, 1.54) is 18.5 Å². The number of nitrogens with one attached hydrogen (secondary N) is 1. The number of nitrogen functional groups attached to an aromatic ring is 1. The number of aliphatic hydroxyl groups excluding tert-OH is 1. The van der Waals surface area contributed by atoms with Crippen LogP contribution in [0.1, 0.15) is 27.0 Å². The molecule has 0 aliphatic carbocycles. The van der Waals surface area contributed by atoms with Gasteiger partial charge in [0.25, 0.3) is 5.91 Å². The van der Waals surface area contributed by atoms with E-state index in [4.69, 9.17) is 5.73 Å². The smallest absolute Gasteiger partial charge is 0.398 e. The number of anilines is 1. The third kappa shape index (κ3) is 6.01. The molecule has 0 spiro atoms. The predicted molar refractivity (Wildman–Crippen MR) is 134 cm³/mol. The van der Waals surface area contributed by atoms with E-state index in [0.29, 0.717) is 17.7 Å². The minimum absolute atomic E-state index is 0.0499. The number of hydrogen-bond acceptors (Lipinski definition) is 6. The highest BCUT2D eigenvalue weighted by atomic mass is 19.4. The minimum atomic E-state index is -4.92. The van der Waals surface area contributed by atoms with Crippen LogP contribution in [0.4, 0.5) is 28.9 Å². The van der Waals surface area contributed by atoms with Gasteiger partial charge in [-0.25, -0.2) is 19.4 Å². The van der Waals surface area contributed by atoms with Crippen molar-refractivity contribution in [2.45, 2.75) is 12.6 Å². The number of halogens is 4. The zero-order chi connectivity index (χ0) is 27.3. The van der Waals surface area contributed by atoms with Crippen LogP contribution in [0.25, 0.3) is 11.4 Å². The molecule has 0 aliphatic rings. The first-order valence-corrected chi connectivity index (χ1v) is 11.3. The second-order valence-corrected chi connectivity index (χ2v) is 8.09. The van der Waals surface area contributed by atoms with E-state index in [-0.39, 0.29) is 30.0 Å². The average Bonchev–Trinajstić information content (AvgIpc) is 2.89. The van der Waals surface area contributed by atoms with Crippen LogP contribution < -0.4 is 11.1 Å². The molecule has 38 heavy (non-hydrogen) atoms. The maximum atomic E-state index is 14.9. The summed E-state index contributed by atoms with van der Waals surface area (Å²) in [5.41, 5.74) is 5.33. The predicted octanol–water partition coefficient (Wildman–Crippen LogP) is 4.93. The number of hydrogen-bond donors (Lipinski definition) is 3. The second-order valence-electron chi connectivity index (χ2n) is 8.09. The van der Waals surface area contributed by atoms with Gasteiger partial charge in [0, 0.05) is 35.8 Å². The maximum absolute atomic E-state index is 14.9. The molecule has 0 saturated heterocycles. The van der Waals surface area contributed by atoms with Crippen molar-refractivity contribution in [1.82, 2.24) is 15.3 Å². The molecule has 4 N–H and O–H groups in total. The van der Waals surface area contributed by atoms with E-state index in [9.17, 15) is 27.5 Å². The first kappa shape index (κ1) is 26.4. The van der Waals surface area contributed by atoms with Crippen LogP contribution in [0, 0.1) is 5.82 Å². The molecule has 1 aromatic heterocycles. The number of aliphatic imine (C=N–C) groups is 1. The number of amidine groups is 1. The fourth-order valence-corrected chi connectivity index (χ4v) is 3.68. The SMILES string of the molecule is Nc1cc(CCO)ccc1C(=Nc1ccccc1)NC(=O)c1cc(-c2ncccn2)c(C(F)(F)F)cc1F. The van der Waals surface area contributed by atoms with E-state index >= 15 is 0 Å². The van der Waals surface area contributed by atoms with Crippen molar-refractivity contribution in [3.63, 3.8) is 0 Å². The molecule has 4 aromatic rings. The second kappa shape index (κ2) is 11.2. The lowest BCUT2D eigenvalue weighted by Crippen LogP contribution is -2.32. The molecular weight excluding hydrogens is 502 g/mol. The normalized spacial score (nSPS) is 11.9. The maximum Gasteiger partial charge on any atom is 0.417 e. The number of aromatic nitrogens is 2. The summed E-state index contributed by atoms with van der Waals surface area (Å²) in [4.78, 5) is 25.3. The Morgan fingerprint density at radius 3 is 2.32 bits per heavy atom. The van der Waals surface area contributed by atoms with Gasteiger partial charge in [0.2, 0.25) is 0 Å². The van der Waals surface area contributed by atoms with Crippen LogP contribution in [-0.4, -0.2) is 33.4 Å². The Balaban J connectivity index is 1.79. The fourth-order valence-electron chi connectivity index (χ4n) is 3.68. The Kier molecular flexibility index (Phi) is 7.77. The van der Waals surface area contributed by atoms with Crippen molar-refractivity contribution < 1.29 is 27.5 Å². The standard InChI is InChI=1S/C27H21F4N5O2/c28-22-15-21(27(29,30)31)19(24-33-10-4-11-34-24)14-20(22)26(38)36-25(35-17-5-2-1-3-6-17)18-8-7-16(9-12-37)13-23(18)32/h1-8,10-11,13-15,37H,9,12,32H2,(H,35,36,38). The van der Waals surface area contributed by atoms with Crippen LogP contribution in [0.15, 0.2) is 84.1 Å². The van der Waals surface area contributed by atoms with Gasteiger partial charge in [-0.1, -0.05) is 24.3 Å². The number of benzene rings is 3. The monoisotopic (exact) mass is 523 g/mol. The zero-order valence-corrected chi connectivity index (χ0v) is 19.7. The zero-order valence-electron chi connectivity index (χ0n) is 19.7. The van der Waals surface area contributed by atoms with Gasteiger partial charge in [-0.3, -0.25) is 4.79 Å². The van der Waals surface area contributed by atoms with E-state index in [0.717, 1.165) is 11.6 Å². The molecular formula is C27H21F4N5O2. The number of alkyl halides is 3. The van der Waals surface area contributed by atoms with E-state index in [2.05, 4.69) is 20.3 Å². The third-order valence-electron chi connectivity index (χ3n) is 5.46. The number of nitrogens with zero attached hydrogens (tertiary/aromatic N) is 3. The van der Waals surface area contributed by atoms with Crippen molar-refractivity contribution in [3.8, 4) is 11.4 Å². The molecule has 1 heterocycles. The molecule has 0 aliphatic heterocycles. The van der Waals surface area contributed by atoms with Gasteiger partial charge in [0.1, 0.15) is 11.7 Å². The summed E-state index contributed by atoms with van der Waals surface area (Å²) in [6.07, 6.45) is -2.10. The Hall–Kier alpha value is -4.64. The molecule has 0 atom stereocenters. The van der Waals surface area contributed by atoms with Crippen molar-refractivity contribution in [1.29, 1.82) is 0 Å². The van der Waals surface area contributed by atoms with Gasteiger partial charge in [0.15, 0.2) is 5.82 Å². The highest BCUT2D eigenvalue weighted by Crippen LogP contribution is 2.37. The summed E-state index contributed by atoms with van der Waals surface area (Å²) in [5.74, 6) is -2.82. The van der Waals surface area contributed by atoms with Gasteiger partial charge < -0.3 is 16.2 Å². The molecule has 1 amide bonds. The third-order valence-corrected chi connectivity index (χ3v) is 5.46. The molecule has 11 heteroatoms. The average molecular weight is 523 g/mol. The highest BCUT2D eigenvalue weighted by molar-refractivity contribution is 6.15. The lowest BCUT2D eigenvalue weighted by Gasteiger charge is -2.16. The van der Waals surface area contributed by atoms with Crippen LogP contribution in [0.2, 0.25) is 0 Å².